The summed E-state index contributed by atoms with van der Waals surface area (Å²) >= 11 is 0. The first kappa shape index (κ1) is 14.9. The Bertz CT molecular complexity index is 234. The Hall–Kier alpha value is -1.14. The number of hydrogen-bond donors (Lipinski definition) is 2. The molecule has 0 rings (SSSR count). The molecule has 0 fully saturated rings. The number of ether oxygens (including phenoxy) is 2. The highest BCUT2D eigenvalue weighted by molar-refractivity contribution is 5.72. The van der Waals surface area contributed by atoms with Crippen molar-refractivity contribution < 1.29 is 24.2 Å². The Balaban J connectivity index is 3.38. The van der Waals surface area contributed by atoms with Gasteiger partial charge in [0, 0.05) is 6.54 Å². The first-order chi connectivity index (χ1) is 7.31. The van der Waals surface area contributed by atoms with Crippen LogP contribution in [0.1, 0.15) is 20.8 Å². The lowest BCUT2D eigenvalue weighted by molar-refractivity contribution is -0.153. The van der Waals surface area contributed by atoms with Crippen LogP contribution in [0.5, 0.6) is 0 Å². The molecule has 0 saturated carbocycles. The minimum atomic E-state index is -1.01. The first-order valence-corrected chi connectivity index (χ1v) is 5.03. The molecule has 0 heterocycles. The second-order valence-corrected chi connectivity index (χ2v) is 4.21. The van der Waals surface area contributed by atoms with Crippen molar-refractivity contribution in [2.75, 3.05) is 26.3 Å². The number of carboxylic acid groups (broad SMARTS) is 1. The molecule has 0 aromatic heterocycles. The largest absolute Gasteiger partial charge is 0.480 e. The van der Waals surface area contributed by atoms with Gasteiger partial charge < -0.3 is 19.9 Å². The molecule has 0 spiro atoms. The molecule has 0 saturated heterocycles. The van der Waals surface area contributed by atoms with E-state index in [2.05, 4.69) is 5.32 Å². The third-order valence-electron chi connectivity index (χ3n) is 1.34. The monoisotopic (exact) mass is 233 g/mol. The van der Waals surface area contributed by atoms with Gasteiger partial charge in [0.1, 0.15) is 12.2 Å². The summed E-state index contributed by atoms with van der Waals surface area (Å²) in [6.07, 6.45) is 0. The second kappa shape index (κ2) is 7.19. The normalized spacial score (nSPS) is 11.2. The molecule has 0 aromatic carbocycles. The highest BCUT2D eigenvalue weighted by Gasteiger charge is 2.15. The molecule has 0 aliphatic rings. The lowest BCUT2D eigenvalue weighted by atomic mass is 10.2. The fourth-order valence-corrected chi connectivity index (χ4v) is 0.872. The molecule has 0 amide bonds. The van der Waals surface area contributed by atoms with Gasteiger partial charge in [0.25, 0.3) is 0 Å². The molecule has 94 valence electrons. The number of carboxylic acids is 1. The molecule has 0 aliphatic heterocycles. The molecule has 0 radical (unpaired) electrons. The predicted molar refractivity (Wildman–Crippen MR) is 57.2 cm³/mol. The molecule has 6 nitrogen and oxygen atoms in total. The van der Waals surface area contributed by atoms with Crippen molar-refractivity contribution in [3.8, 4) is 0 Å². The van der Waals surface area contributed by atoms with Crippen molar-refractivity contribution in [1.29, 1.82) is 0 Å². The van der Waals surface area contributed by atoms with Gasteiger partial charge in [-0.3, -0.25) is 4.79 Å². The fraction of sp³-hybridized carbons (Fsp3) is 0.800. The van der Waals surface area contributed by atoms with Crippen LogP contribution in [0.4, 0.5) is 0 Å². The van der Waals surface area contributed by atoms with Crippen LogP contribution in [0.3, 0.4) is 0 Å². The number of esters is 1. The van der Waals surface area contributed by atoms with Crippen LogP contribution in [0, 0.1) is 0 Å². The highest BCUT2D eigenvalue weighted by Crippen LogP contribution is 2.05. The van der Waals surface area contributed by atoms with Crippen molar-refractivity contribution >= 4 is 11.9 Å². The molecular weight excluding hydrogens is 214 g/mol. The third kappa shape index (κ3) is 10.9. The molecule has 0 bridgehead atoms. The number of carbonyl (C=O) groups is 2. The van der Waals surface area contributed by atoms with E-state index < -0.39 is 11.6 Å². The van der Waals surface area contributed by atoms with Crippen LogP contribution >= 0.6 is 0 Å². The van der Waals surface area contributed by atoms with Gasteiger partial charge in [-0.05, 0) is 20.8 Å². The Kier molecular flexibility index (Phi) is 6.67. The zero-order valence-electron chi connectivity index (χ0n) is 9.91. The summed E-state index contributed by atoms with van der Waals surface area (Å²) in [6, 6.07) is 0. The number of aliphatic carboxylic acids is 1. The van der Waals surface area contributed by atoms with Gasteiger partial charge in [-0.15, -0.1) is 0 Å². The van der Waals surface area contributed by atoms with E-state index in [0.29, 0.717) is 6.54 Å². The van der Waals surface area contributed by atoms with Gasteiger partial charge in [0.05, 0.1) is 13.2 Å². The Morgan fingerprint density at radius 1 is 1.31 bits per heavy atom. The zero-order valence-corrected chi connectivity index (χ0v) is 9.91. The van der Waals surface area contributed by atoms with Gasteiger partial charge in [-0.25, -0.2) is 4.79 Å². The van der Waals surface area contributed by atoms with Gasteiger partial charge in [-0.1, -0.05) is 0 Å². The smallest absolute Gasteiger partial charge is 0.329 e. The molecule has 0 unspecified atom stereocenters. The predicted octanol–water partition coefficient (Wildman–Crippen LogP) is 0.0189. The maximum Gasteiger partial charge on any atom is 0.329 e. The topological polar surface area (TPSA) is 84.9 Å². The van der Waals surface area contributed by atoms with Gasteiger partial charge >= 0.3 is 11.9 Å². The second-order valence-electron chi connectivity index (χ2n) is 4.21. The van der Waals surface area contributed by atoms with Crippen LogP contribution in [0.2, 0.25) is 0 Å². The van der Waals surface area contributed by atoms with E-state index in [9.17, 15) is 9.59 Å². The van der Waals surface area contributed by atoms with Crippen molar-refractivity contribution in [2.24, 2.45) is 0 Å². The minimum Gasteiger partial charge on any atom is -0.480 e. The summed E-state index contributed by atoms with van der Waals surface area (Å²) in [4.78, 5) is 21.3. The van der Waals surface area contributed by atoms with Gasteiger partial charge in [-0.2, -0.15) is 0 Å². The summed E-state index contributed by atoms with van der Waals surface area (Å²) in [5.41, 5.74) is -0.488. The van der Waals surface area contributed by atoms with Crippen molar-refractivity contribution in [3.63, 3.8) is 0 Å². The average Bonchev–Trinajstić information content (AvgIpc) is 2.07. The molecule has 0 aliphatic carbocycles. The molecule has 0 atom stereocenters. The van der Waals surface area contributed by atoms with Crippen LogP contribution in [0.15, 0.2) is 0 Å². The maximum absolute atomic E-state index is 11.2. The average molecular weight is 233 g/mol. The van der Waals surface area contributed by atoms with Crippen LogP contribution in [0.25, 0.3) is 0 Å². The molecule has 16 heavy (non-hydrogen) atoms. The number of carbonyl (C=O) groups excluding carboxylic acids is 1. The zero-order chi connectivity index (χ0) is 12.6. The van der Waals surface area contributed by atoms with E-state index >= 15 is 0 Å². The molecule has 0 aromatic rings. The molecule has 6 heteroatoms. The van der Waals surface area contributed by atoms with Crippen molar-refractivity contribution in [1.82, 2.24) is 5.32 Å². The lowest BCUT2D eigenvalue weighted by Crippen LogP contribution is -2.33. The summed E-state index contributed by atoms with van der Waals surface area (Å²) < 4.78 is 9.81. The van der Waals surface area contributed by atoms with Crippen LogP contribution in [-0.4, -0.2) is 48.9 Å². The van der Waals surface area contributed by atoms with E-state index in [4.69, 9.17) is 14.6 Å². The maximum atomic E-state index is 11.2. The molecule has 2 N–H and O–H groups in total. The van der Waals surface area contributed by atoms with E-state index in [1.165, 1.54) is 0 Å². The Labute approximate surface area is 94.9 Å². The minimum absolute atomic E-state index is 0.0910. The highest BCUT2D eigenvalue weighted by atomic mass is 16.6. The summed E-state index contributed by atoms with van der Waals surface area (Å²) in [5, 5.41) is 11.1. The SMILES string of the molecule is CC(C)(C)OC(=O)CNCCOCC(=O)O. The Morgan fingerprint density at radius 2 is 1.94 bits per heavy atom. The lowest BCUT2D eigenvalue weighted by Gasteiger charge is -2.19. The number of nitrogens with one attached hydrogen (secondary N) is 1. The van der Waals surface area contributed by atoms with E-state index in [0.717, 1.165) is 0 Å². The summed E-state index contributed by atoms with van der Waals surface area (Å²) in [5.74, 6) is -1.35. The summed E-state index contributed by atoms with van der Waals surface area (Å²) in [7, 11) is 0. The Morgan fingerprint density at radius 3 is 2.44 bits per heavy atom. The fourth-order valence-electron chi connectivity index (χ4n) is 0.872. The van der Waals surface area contributed by atoms with Gasteiger partial charge in [0.15, 0.2) is 0 Å². The van der Waals surface area contributed by atoms with E-state index in [1.54, 1.807) is 20.8 Å². The van der Waals surface area contributed by atoms with Crippen molar-refractivity contribution in [3.05, 3.63) is 0 Å². The number of hydrogen-bond acceptors (Lipinski definition) is 5. The molecular formula is C10H19NO5. The standard InChI is InChI=1S/C10H19NO5/c1-10(2,3)16-9(14)6-11-4-5-15-7-8(12)13/h11H,4-7H2,1-3H3,(H,12,13). The van der Waals surface area contributed by atoms with Crippen molar-refractivity contribution in [2.45, 2.75) is 26.4 Å². The quantitative estimate of drug-likeness (QED) is 0.476. The van der Waals surface area contributed by atoms with Crippen LogP contribution < -0.4 is 5.32 Å². The van der Waals surface area contributed by atoms with Crippen LogP contribution in [-0.2, 0) is 19.1 Å². The third-order valence-corrected chi connectivity index (χ3v) is 1.34. The number of rotatable bonds is 7. The first-order valence-electron chi connectivity index (χ1n) is 5.03. The van der Waals surface area contributed by atoms with E-state index in [1.807, 2.05) is 0 Å². The van der Waals surface area contributed by atoms with E-state index in [-0.39, 0.29) is 25.7 Å². The van der Waals surface area contributed by atoms with Gasteiger partial charge in [0.2, 0.25) is 0 Å². The summed E-state index contributed by atoms with van der Waals surface area (Å²) in [6.45, 7) is 5.80.